The summed E-state index contributed by atoms with van der Waals surface area (Å²) in [5.41, 5.74) is 1.11. The van der Waals surface area contributed by atoms with Crippen LogP contribution in [0.4, 0.5) is 0 Å². The zero-order valence-electron chi connectivity index (χ0n) is 12.5. The van der Waals surface area contributed by atoms with Gasteiger partial charge in [0.1, 0.15) is 0 Å². The molecule has 0 aliphatic rings. The van der Waals surface area contributed by atoms with E-state index in [9.17, 15) is 13.2 Å². The smallest absolute Gasteiger partial charge is 0.243 e. The summed E-state index contributed by atoms with van der Waals surface area (Å²) >= 11 is 0. The van der Waals surface area contributed by atoms with Gasteiger partial charge in [0.15, 0.2) is 0 Å². The Morgan fingerprint density at radius 1 is 1.10 bits per heavy atom. The Balaban J connectivity index is 2.89. The third-order valence-electron chi connectivity index (χ3n) is 3.03. The van der Waals surface area contributed by atoms with Crippen LogP contribution in [0.25, 0.3) is 0 Å². The van der Waals surface area contributed by atoms with Gasteiger partial charge in [0.2, 0.25) is 15.9 Å². The lowest BCUT2D eigenvalue weighted by Crippen LogP contribution is -2.37. The average molecular weight is 298 g/mol. The molecule has 0 N–H and O–H groups in total. The maximum absolute atomic E-state index is 12.3. The first kappa shape index (κ1) is 16.7. The van der Waals surface area contributed by atoms with Crippen LogP contribution in [0.1, 0.15) is 18.9 Å². The maximum atomic E-state index is 12.3. The van der Waals surface area contributed by atoms with Gasteiger partial charge in [0.25, 0.3) is 0 Å². The summed E-state index contributed by atoms with van der Waals surface area (Å²) in [6.45, 7) is 1.91. The van der Waals surface area contributed by atoms with E-state index >= 15 is 0 Å². The van der Waals surface area contributed by atoms with Crippen molar-refractivity contribution < 1.29 is 13.2 Å². The minimum atomic E-state index is -3.61. The van der Waals surface area contributed by atoms with Crippen molar-refractivity contribution in [3.05, 3.63) is 29.8 Å². The average Bonchev–Trinajstić information content (AvgIpc) is 2.39. The lowest BCUT2D eigenvalue weighted by Gasteiger charge is -2.19. The van der Waals surface area contributed by atoms with Crippen molar-refractivity contribution in [1.29, 1.82) is 0 Å². The molecule has 0 spiro atoms. The molecule has 1 rings (SSSR count). The SMILES string of the molecule is CCCc1ccc(S(=O)(=O)N(C)CC(=O)N(C)C)cc1. The Hall–Kier alpha value is -1.40. The predicted octanol–water partition coefficient (Wildman–Crippen LogP) is 1.35. The van der Waals surface area contributed by atoms with E-state index in [-0.39, 0.29) is 17.3 Å². The highest BCUT2D eigenvalue weighted by Crippen LogP contribution is 2.16. The van der Waals surface area contributed by atoms with E-state index < -0.39 is 10.0 Å². The third-order valence-corrected chi connectivity index (χ3v) is 4.84. The Morgan fingerprint density at radius 3 is 2.10 bits per heavy atom. The summed E-state index contributed by atoms with van der Waals surface area (Å²) in [5.74, 6) is -0.251. The quantitative estimate of drug-likeness (QED) is 0.796. The lowest BCUT2D eigenvalue weighted by atomic mass is 10.1. The van der Waals surface area contributed by atoms with Gasteiger partial charge in [-0.05, 0) is 24.1 Å². The van der Waals surface area contributed by atoms with Crippen LogP contribution < -0.4 is 0 Å². The molecular weight excluding hydrogens is 276 g/mol. The summed E-state index contributed by atoms with van der Waals surface area (Å²) in [7, 11) is 0.999. The highest BCUT2D eigenvalue weighted by atomic mass is 32.2. The molecular formula is C14H22N2O3S. The Bertz CT molecular complexity index is 550. The second-order valence-corrected chi connectivity index (χ2v) is 6.99. The van der Waals surface area contributed by atoms with Crippen molar-refractivity contribution in [1.82, 2.24) is 9.21 Å². The normalized spacial score (nSPS) is 11.7. The van der Waals surface area contributed by atoms with E-state index in [0.29, 0.717) is 0 Å². The zero-order valence-corrected chi connectivity index (χ0v) is 13.3. The van der Waals surface area contributed by atoms with Gasteiger partial charge in [-0.2, -0.15) is 4.31 Å². The molecule has 0 aliphatic heterocycles. The highest BCUT2D eigenvalue weighted by molar-refractivity contribution is 7.89. The van der Waals surface area contributed by atoms with Crippen LogP contribution in [-0.2, 0) is 21.2 Å². The molecule has 6 heteroatoms. The van der Waals surface area contributed by atoms with Crippen LogP contribution in [0.5, 0.6) is 0 Å². The first-order valence-electron chi connectivity index (χ1n) is 6.54. The van der Waals surface area contributed by atoms with E-state index in [1.165, 1.54) is 11.9 Å². The summed E-state index contributed by atoms with van der Waals surface area (Å²) in [6, 6.07) is 6.82. The van der Waals surface area contributed by atoms with E-state index in [2.05, 4.69) is 6.92 Å². The van der Waals surface area contributed by atoms with Gasteiger partial charge < -0.3 is 4.90 Å². The molecule has 1 aromatic carbocycles. The number of hydrogen-bond donors (Lipinski definition) is 0. The Morgan fingerprint density at radius 2 is 1.65 bits per heavy atom. The molecule has 0 fully saturated rings. The molecule has 1 aromatic rings. The van der Waals surface area contributed by atoms with Crippen molar-refractivity contribution in [3.63, 3.8) is 0 Å². The lowest BCUT2D eigenvalue weighted by molar-refractivity contribution is -0.128. The standard InChI is InChI=1S/C14H22N2O3S/c1-5-6-12-7-9-13(10-8-12)20(18,19)16(4)11-14(17)15(2)3/h7-10H,5-6,11H2,1-4H3. The fourth-order valence-electron chi connectivity index (χ4n) is 1.71. The second-order valence-electron chi connectivity index (χ2n) is 4.94. The molecule has 0 unspecified atom stereocenters. The molecule has 5 nitrogen and oxygen atoms in total. The molecule has 0 saturated carbocycles. The molecule has 0 radical (unpaired) electrons. The van der Waals surface area contributed by atoms with Crippen LogP contribution in [0.2, 0.25) is 0 Å². The second kappa shape index (κ2) is 6.85. The summed E-state index contributed by atoms with van der Waals surface area (Å²) < 4.78 is 25.7. The van der Waals surface area contributed by atoms with Crippen LogP contribution >= 0.6 is 0 Å². The third kappa shape index (κ3) is 4.05. The fraction of sp³-hybridized carbons (Fsp3) is 0.500. The molecule has 0 saturated heterocycles. The van der Waals surface area contributed by atoms with Gasteiger partial charge in [-0.25, -0.2) is 8.42 Å². The summed E-state index contributed by atoms with van der Waals surface area (Å²) in [6.07, 6.45) is 1.94. The van der Waals surface area contributed by atoms with Crippen LogP contribution in [-0.4, -0.2) is 51.2 Å². The van der Waals surface area contributed by atoms with Crippen LogP contribution in [0, 0.1) is 0 Å². The zero-order chi connectivity index (χ0) is 15.3. The van der Waals surface area contributed by atoms with Crippen molar-refractivity contribution in [2.45, 2.75) is 24.7 Å². The first-order chi connectivity index (χ1) is 9.28. The van der Waals surface area contributed by atoms with Gasteiger partial charge in [-0.3, -0.25) is 4.79 Å². The summed E-state index contributed by atoms with van der Waals surface area (Å²) in [5, 5.41) is 0. The fourth-order valence-corrected chi connectivity index (χ4v) is 2.83. The van der Waals surface area contributed by atoms with E-state index in [1.807, 2.05) is 12.1 Å². The number of amides is 1. The number of likely N-dealkylation sites (N-methyl/N-ethyl adjacent to an activating group) is 2. The van der Waals surface area contributed by atoms with Crippen LogP contribution in [0.3, 0.4) is 0 Å². The monoisotopic (exact) mass is 298 g/mol. The number of rotatable bonds is 6. The molecule has 112 valence electrons. The number of carbonyl (C=O) groups excluding carboxylic acids is 1. The topological polar surface area (TPSA) is 57.7 Å². The van der Waals surface area contributed by atoms with E-state index in [0.717, 1.165) is 22.7 Å². The number of sulfonamides is 1. The van der Waals surface area contributed by atoms with E-state index in [1.54, 1.807) is 26.2 Å². The molecule has 1 amide bonds. The highest BCUT2D eigenvalue weighted by Gasteiger charge is 2.23. The van der Waals surface area contributed by atoms with Crippen LogP contribution in [0.15, 0.2) is 29.2 Å². The minimum absolute atomic E-state index is 0.161. The van der Waals surface area contributed by atoms with Crippen molar-refractivity contribution in [3.8, 4) is 0 Å². The van der Waals surface area contributed by atoms with Gasteiger partial charge in [-0.1, -0.05) is 25.5 Å². The van der Waals surface area contributed by atoms with Gasteiger partial charge in [0.05, 0.1) is 11.4 Å². The molecule has 0 aliphatic carbocycles. The predicted molar refractivity (Wildman–Crippen MR) is 78.9 cm³/mol. The maximum Gasteiger partial charge on any atom is 0.243 e. The van der Waals surface area contributed by atoms with Gasteiger partial charge >= 0.3 is 0 Å². The molecule has 0 atom stereocenters. The first-order valence-corrected chi connectivity index (χ1v) is 7.98. The number of nitrogens with zero attached hydrogens (tertiary/aromatic N) is 2. The van der Waals surface area contributed by atoms with Crippen molar-refractivity contribution in [2.24, 2.45) is 0 Å². The number of benzene rings is 1. The van der Waals surface area contributed by atoms with E-state index in [4.69, 9.17) is 0 Å². The molecule has 20 heavy (non-hydrogen) atoms. The molecule has 0 aromatic heterocycles. The summed E-state index contributed by atoms with van der Waals surface area (Å²) in [4.78, 5) is 13.2. The number of hydrogen-bond acceptors (Lipinski definition) is 3. The Labute approximate surface area is 121 Å². The van der Waals surface area contributed by atoms with Crippen molar-refractivity contribution in [2.75, 3.05) is 27.7 Å². The van der Waals surface area contributed by atoms with Gasteiger partial charge in [-0.15, -0.1) is 0 Å². The molecule has 0 bridgehead atoms. The largest absolute Gasteiger partial charge is 0.348 e. The number of aryl methyl sites for hydroxylation is 1. The molecule has 0 heterocycles. The Kier molecular flexibility index (Phi) is 5.71. The van der Waals surface area contributed by atoms with Gasteiger partial charge in [0, 0.05) is 21.1 Å². The number of carbonyl (C=O) groups is 1. The minimum Gasteiger partial charge on any atom is -0.348 e. The van der Waals surface area contributed by atoms with Crippen molar-refractivity contribution >= 4 is 15.9 Å².